The molecule has 9 heteroatoms. The molecule has 0 amide bonds. The highest BCUT2D eigenvalue weighted by Gasteiger charge is 2.30. The van der Waals surface area contributed by atoms with Crippen LogP contribution in [0.25, 0.3) is 0 Å². The summed E-state index contributed by atoms with van der Waals surface area (Å²) in [6, 6.07) is 25.5. The Hall–Kier alpha value is -5.02. The van der Waals surface area contributed by atoms with Crippen molar-refractivity contribution in [2.24, 2.45) is 0 Å². The molecule has 2 unspecified atom stereocenters. The highest BCUT2D eigenvalue weighted by molar-refractivity contribution is 5.38. The van der Waals surface area contributed by atoms with Gasteiger partial charge in [0.25, 0.3) is 0 Å². The van der Waals surface area contributed by atoms with E-state index in [0.29, 0.717) is 26.1 Å². The maximum absolute atomic E-state index is 13.9. The van der Waals surface area contributed by atoms with Crippen LogP contribution in [0.1, 0.15) is 70.2 Å². The fraction of sp³-hybridized carbons (Fsp3) is 0.211. The third kappa shape index (κ3) is 7.86. The molecular weight excluding hydrogens is 604 g/mol. The maximum atomic E-state index is 13.9. The Morgan fingerprint density at radius 3 is 1.02 bits per heavy atom. The summed E-state index contributed by atoms with van der Waals surface area (Å²) in [5.74, 6) is -2.05. The first-order valence-corrected chi connectivity index (χ1v) is 15.5. The number of rotatable bonds is 14. The summed E-state index contributed by atoms with van der Waals surface area (Å²) in [6.07, 6.45) is 7.97. The molecule has 0 radical (unpaired) electrons. The van der Waals surface area contributed by atoms with Gasteiger partial charge in [-0.15, -0.1) is 0 Å². The van der Waals surface area contributed by atoms with Crippen LogP contribution in [0, 0.1) is 23.3 Å². The van der Waals surface area contributed by atoms with Crippen molar-refractivity contribution in [1.82, 2.24) is 19.9 Å². The Morgan fingerprint density at radius 1 is 0.468 bits per heavy atom. The van der Waals surface area contributed by atoms with Crippen LogP contribution in [0.4, 0.5) is 17.6 Å². The van der Waals surface area contributed by atoms with Crippen molar-refractivity contribution in [3.8, 4) is 0 Å². The van der Waals surface area contributed by atoms with E-state index >= 15 is 0 Å². The summed E-state index contributed by atoms with van der Waals surface area (Å²) in [6.45, 7) is 0.798. The van der Waals surface area contributed by atoms with E-state index in [1.807, 2.05) is 0 Å². The van der Waals surface area contributed by atoms with Crippen LogP contribution in [0.5, 0.6) is 0 Å². The second-order valence-corrected chi connectivity index (χ2v) is 11.6. The standard InChI is InChI=1S/C38H34F4N4O/c39-29-9-1-25(2-10-29)37(26-3-11-30(40)12-4-26)33(35-21-43-23-45-35)17-19-47-20-18-34(36-22-44-24-46-36)38(27-5-13-31(41)14-6-27)28-7-15-32(42)16-8-28/h1-16,21-24,33-34,37-38H,17-20H2,(H,43,45)(H,44,46). The van der Waals surface area contributed by atoms with Crippen LogP contribution < -0.4 is 0 Å². The molecule has 6 aromatic rings. The van der Waals surface area contributed by atoms with Crippen molar-refractivity contribution in [3.63, 3.8) is 0 Å². The lowest BCUT2D eigenvalue weighted by molar-refractivity contribution is 0.117. The molecule has 2 heterocycles. The van der Waals surface area contributed by atoms with Gasteiger partial charge in [0, 0.05) is 60.7 Å². The Balaban J connectivity index is 1.22. The lowest BCUT2D eigenvalue weighted by Crippen LogP contribution is -2.18. The zero-order valence-corrected chi connectivity index (χ0v) is 25.5. The Bertz CT molecular complexity index is 1570. The number of benzene rings is 4. The van der Waals surface area contributed by atoms with Gasteiger partial charge in [-0.3, -0.25) is 0 Å². The molecule has 2 atom stereocenters. The summed E-state index contributed by atoms with van der Waals surface area (Å²) in [4.78, 5) is 15.0. The van der Waals surface area contributed by atoms with Gasteiger partial charge in [-0.1, -0.05) is 48.5 Å². The minimum Gasteiger partial charge on any atom is -0.381 e. The molecule has 0 saturated carbocycles. The molecular formula is C38H34F4N4O. The van der Waals surface area contributed by atoms with Gasteiger partial charge < -0.3 is 14.7 Å². The summed E-state index contributed by atoms with van der Waals surface area (Å²) >= 11 is 0. The minimum absolute atomic E-state index is 0.136. The van der Waals surface area contributed by atoms with Gasteiger partial charge in [-0.25, -0.2) is 27.5 Å². The van der Waals surface area contributed by atoms with Crippen LogP contribution in [0.3, 0.4) is 0 Å². The third-order valence-corrected chi connectivity index (χ3v) is 8.71. The number of hydrogen-bond donors (Lipinski definition) is 2. The van der Waals surface area contributed by atoms with Crippen molar-refractivity contribution in [2.45, 2.75) is 36.5 Å². The van der Waals surface area contributed by atoms with Crippen molar-refractivity contribution in [3.05, 3.63) is 179 Å². The van der Waals surface area contributed by atoms with Crippen LogP contribution in [0.15, 0.2) is 122 Å². The zero-order valence-electron chi connectivity index (χ0n) is 25.5. The van der Waals surface area contributed by atoms with E-state index in [1.165, 1.54) is 48.5 Å². The predicted octanol–water partition coefficient (Wildman–Crippen LogP) is 9.02. The van der Waals surface area contributed by atoms with Crippen molar-refractivity contribution >= 4 is 0 Å². The van der Waals surface area contributed by atoms with Gasteiger partial charge in [0.15, 0.2) is 0 Å². The summed E-state index contributed by atoms with van der Waals surface area (Å²) in [7, 11) is 0. The van der Waals surface area contributed by atoms with Gasteiger partial charge in [0.1, 0.15) is 23.3 Å². The summed E-state index contributed by atoms with van der Waals surface area (Å²) in [5.41, 5.74) is 5.32. The molecule has 4 aromatic carbocycles. The lowest BCUT2D eigenvalue weighted by Gasteiger charge is -2.29. The van der Waals surface area contributed by atoms with Crippen molar-refractivity contribution in [1.29, 1.82) is 0 Å². The number of hydrogen-bond acceptors (Lipinski definition) is 3. The largest absolute Gasteiger partial charge is 0.381 e. The molecule has 5 nitrogen and oxygen atoms in total. The van der Waals surface area contributed by atoms with E-state index in [-0.39, 0.29) is 46.9 Å². The highest BCUT2D eigenvalue weighted by atomic mass is 19.1. The average Bonchev–Trinajstić information content (AvgIpc) is 3.82. The van der Waals surface area contributed by atoms with E-state index in [4.69, 9.17) is 4.74 Å². The van der Waals surface area contributed by atoms with Gasteiger partial charge in [-0.2, -0.15) is 0 Å². The van der Waals surface area contributed by atoms with Gasteiger partial charge in [-0.05, 0) is 83.6 Å². The van der Waals surface area contributed by atoms with Crippen LogP contribution in [-0.4, -0.2) is 33.1 Å². The second kappa shape index (κ2) is 15.0. The topological polar surface area (TPSA) is 66.6 Å². The predicted molar refractivity (Wildman–Crippen MR) is 172 cm³/mol. The van der Waals surface area contributed by atoms with Crippen molar-refractivity contribution in [2.75, 3.05) is 13.2 Å². The normalized spacial score (nSPS) is 12.9. The number of aromatic amines is 2. The Labute approximate surface area is 270 Å². The molecule has 0 saturated heterocycles. The van der Waals surface area contributed by atoms with Gasteiger partial charge in [0.05, 0.1) is 12.7 Å². The molecule has 47 heavy (non-hydrogen) atoms. The first-order valence-electron chi connectivity index (χ1n) is 15.5. The maximum Gasteiger partial charge on any atom is 0.123 e. The first kappa shape index (κ1) is 31.9. The fourth-order valence-electron chi connectivity index (χ4n) is 6.46. The molecule has 2 N–H and O–H groups in total. The Kier molecular flexibility index (Phi) is 10.2. The van der Waals surface area contributed by atoms with E-state index in [9.17, 15) is 17.6 Å². The molecule has 2 aromatic heterocycles. The van der Waals surface area contributed by atoms with E-state index < -0.39 is 0 Å². The molecule has 0 aliphatic rings. The van der Waals surface area contributed by atoms with E-state index in [2.05, 4.69) is 19.9 Å². The number of imidazole rings is 2. The fourth-order valence-corrected chi connectivity index (χ4v) is 6.46. The molecule has 0 aliphatic carbocycles. The molecule has 0 bridgehead atoms. The number of nitrogens with zero attached hydrogens (tertiary/aromatic N) is 2. The molecule has 0 aliphatic heterocycles. The second-order valence-electron chi connectivity index (χ2n) is 11.6. The van der Waals surface area contributed by atoms with Gasteiger partial charge >= 0.3 is 0 Å². The number of H-pyrrole nitrogens is 2. The third-order valence-electron chi connectivity index (χ3n) is 8.71. The zero-order chi connectivity index (χ0) is 32.6. The van der Waals surface area contributed by atoms with Crippen molar-refractivity contribution < 1.29 is 22.3 Å². The monoisotopic (exact) mass is 638 g/mol. The average molecular weight is 639 g/mol. The SMILES string of the molecule is Fc1ccc(C(c2ccc(F)cc2)C(CCOCCC(c2cnc[nH]2)C(c2ccc(F)cc2)c2ccc(F)cc2)c2cnc[nH]2)cc1. The highest BCUT2D eigenvalue weighted by Crippen LogP contribution is 2.42. The first-order chi connectivity index (χ1) is 23.0. The number of ether oxygens (including phenoxy) is 1. The van der Waals surface area contributed by atoms with Gasteiger partial charge in [0.2, 0.25) is 0 Å². The quantitative estimate of drug-likeness (QED) is 0.0925. The lowest BCUT2D eigenvalue weighted by atomic mass is 9.77. The molecule has 240 valence electrons. The van der Waals surface area contributed by atoms with Crippen LogP contribution in [0.2, 0.25) is 0 Å². The number of halogens is 4. The molecule has 6 rings (SSSR count). The molecule has 0 fully saturated rings. The summed E-state index contributed by atoms with van der Waals surface area (Å²) < 4.78 is 62.0. The smallest absolute Gasteiger partial charge is 0.123 e. The Morgan fingerprint density at radius 2 is 0.766 bits per heavy atom. The minimum atomic E-state index is -0.334. The number of aromatic nitrogens is 4. The summed E-state index contributed by atoms with van der Waals surface area (Å²) in [5, 5.41) is 0. The van der Waals surface area contributed by atoms with E-state index in [1.54, 1.807) is 73.6 Å². The molecule has 0 spiro atoms. The number of nitrogens with one attached hydrogen (secondary N) is 2. The van der Waals surface area contributed by atoms with Crippen LogP contribution in [-0.2, 0) is 4.74 Å². The van der Waals surface area contributed by atoms with E-state index in [0.717, 1.165) is 33.6 Å². The van der Waals surface area contributed by atoms with Crippen LogP contribution >= 0.6 is 0 Å².